The number of halogens is 1. The van der Waals surface area contributed by atoms with Crippen molar-refractivity contribution >= 4 is 41.3 Å². The molecular formula is C22H33IN4O2S. The third-order valence-corrected chi connectivity index (χ3v) is 5.91. The van der Waals surface area contributed by atoms with Gasteiger partial charge in [-0.1, -0.05) is 31.2 Å². The monoisotopic (exact) mass is 544 g/mol. The predicted octanol–water partition coefficient (Wildman–Crippen LogP) is 4.27. The summed E-state index contributed by atoms with van der Waals surface area (Å²) in [5.74, 6) is 0.810. The van der Waals surface area contributed by atoms with E-state index in [-0.39, 0.29) is 24.0 Å². The highest BCUT2D eigenvalue weighted by Crippen LogP contribution is 2.15. The lowest BCUT2D eigenvalue weighted by molar-refractivity contribution is -0.0390. The SMILES string of the molecule is CCNC(=NCc1cccc(COC2CCOCC2)c1)NCc1ncc(CC)s1.I. The van der Waals surface area contributed by atoms with Crippen LogP contribution in [0.2, 0.25) is 0 Å². The van der Waals surface area contributed by atoms with E-state index >= 15 is 0 Å². The van der Waals surface area contributed by atoms with Crippen LogP contribution in [0.25, 0.3) is 0 Å². The number of hydrogen-bond acceptors (Lipinski definition) is 5. The van der Waals surface area contributed by atoms with E-state index in [1.165, 1.54) is 16.0 Å². The lowest BCUT2D eigenvalue weighted by Gasteiger charge is -2.22. The topological polar surface area (TPSA) is 67.8 Å². The number of aryl methyl sites for hydroxylation is 1. The maximum absolute atomic E-state index is 6.04. The van der Waals surface area contributed by atoms with Gasteiger partial charge in [0.15, 0.2) is 5.96 Å². The fourth-order valence-electron chi connectivity index (χ4n) is 3.14. The van der Waals surface area contributed by atoms with Crippen LogP contribution < -0.4 is 10.6 Å². The number of nitrogens with zero attached hydrogens (tertiary/aromatic N) is 2. The molecule has 1 aromatic heterocycles. The van der Waals surface area contributed by atoms with Gasteiger partial charge in [0.2, 0.25) is 0 Å². The van der Waals surface area contributed by atoms with E-state index in [0.717, 1.165) is 50.0 Å². The van der Waals surface area contributed by atoms with Gasteiger partial charge in [0.1, 0.15) is 5.01 Å². The Balaban J connectivity index is 0.00000320. The predicted molar refractivity (Wildman–Crippen MR) is 134 cm³/mol. The van der Waals surface area contributed by atoms with E-state index in [1.54, 1.807) is 11.3 Å². The Bertz CT molecular complexity index is 778. The minimum absolute atomic E-state index is 0. The molecule has 0 aliphatic carbocycles. The molecule has 2 aromatic rings. The molecule has 0 atom stereocenters. The quantitative estimate of drug-likeness (QED) is 0.281. The number of aromatic nitrogens is 1. The van der Waals surface area contributed by atoms with E-state index < -0.39 is 0 Å². The average molecular weight is 545 g/mol. The van der Waals surface area contributed by atoms with Gasteiger partial charge in [0.05, 0.1) is 25.8 Å². The number of nitrogens with one attached hydrogen (secondary N) is 2. The van der Waals surface area contributed by atoms with Crippen molar-refractivity contribution in [2.24, 2.45) is 4.99 Å². The minimum atomic E-state index is 0. The zero-order chi connectivity index (χ0) is 20.3. The Morgan fingerprint density at radius 2 is 2.03 bits per heavy atom. The first-order valence-electron chi connectivity index (χ1n) is 10.5. The van der Waals surface area contributed by atoms with Crippen molar-refractivity contribution in [3.05, 3.63) is 51.5 Å². The molecule has 0 spiro atoms. The van der Waals surface area contributed by atoms with E-state index in [4.69, 9.17) is 14.5 Å². The number of guanidine groups is 1. The summed E-state index contributed by atoms with van der Waals surface area (Å²) in [6.07, 6.45) is 5.27. The van der Waals surface area contributed by atoms with E-state index in [1.807, 2.05) is 6.20 Å². The number of ether oxygens (including phenoxy) is 2. The highest BCUT2D eigenvalue weighted by atomic mass is 127. The lowest BCUT2D eigenvalue weighted by atomic mass is 10.1. The third kappa shape index (κ3) is 8.49. The van der Waals surface area contributed by atoms with E-state index in [9.17, 15) is 0 Å². The summed E-state index contributed by atoms with van der Waals surface area (Å²) < 4.78 is 11.4. The van der Waals surface area contributed by atoms with Crippen molar-refractivity contribution in [1.82, 2.24) is 15.6 Å². The van der Waals surface area contributed by atoms with Crippen LogP contribution >= 0.6 is 35.3 Å². The molecular weight excluding hydrogens is 511 g/mol. The Morgan fingerprint density at radius 3 is 2.77 bits per heavy atom. The van der Waals surface area contributed by atoms with Gasteiger partial charge in [-0.3, -0.25) is 0 Å². The van der Waals surface area contributed by atoms with Gasteiger partial charge in [-0.25, -0.2) is 9.98 Å². The highest BCUT2D eigenvalue weighted by Gasteiger charge is 2.14. The first-order valence-corrected chi connectivity index (χ1v) is 11.3. The largest absolute Gasteiger partial charge is 0.381 e. The summed E-state index contributed by atoms with van der Waals surface area (Å²) >= 11 is 1.75. The standard InChI is InChI=1S/C22H32N4O2S.HI/c1-3-20-14-24-21(29-20)15-26-22(23-4-2)25-13-17-6-5-7-18(12-17)16-28-19-8-10-27-11-9-19;/h5-7,12,14,19H,3-4,8-11,13,15-16H2,1-2H3,(H2,23,25,26);1H. The lowest BCUT2D eigenvalue weighted by Crippen LogP contribution is -2.36. The fraction of sp³-hybridized carbons (Fsp3) is 0.545. The van der Waals surface area contributed by atoms with E-state index in [2.05, 4.69) is 53.7 Å². The molecule has 166 valence electrons. The first-order chi connectivity index (χ1) is 14.3. The number of aliphatic imine (C=N–C) groups is 1. The molecule has 0 radical (unpaired) electrons. The number of thiazole rings is 1. The number of benzene rings is 1. The van der Waals surface area contributed by atoms with Crippen LogP contribution in [0.1, 0.15) is 47.7 Å². The minimum Gasteiger partial charge on any atom is -0.381 e. The second-order valence-electron chi connectivity index (χ2n) is 7.07. The van der Waals surface area contributed by atoms with Gasteiger partial charge in [-0.15, -0.1) is 35.3 Å². The van der Waals surface area contributed by atoms with Crippen molar-refractivity contribution in [2.75, 3.05) is 19.8 Å². The molecule has 2 N–H and O–H groups in total. The Kier molecular flexibility index (Phi) is 11.6. The molecule has 1 aromatic carbocycles. The molecule has 0 amide bonds. The average Bonchev–Trinajstić information content (AvgIpc) is 3.23. The number of hydrogen-bond donors (Lipinski definition) is 2. The normalized spacial score (nSPS) is 14.9. The Hall–Kier alpha value is -1.23. The summed E-state index contributed by atoms with van der Waals surface area (Å²) in [5.41, 5.74) is 2.37. The fourth-order valence-corrected chi connectivity index (χ4v) is 3.94. The van der Waals surface area contributed by atoms with Gasteiger partial charge in [0.25, 0.3) is 0 Å². The molecule has 1 fully saturated rings. The zero-order valence-corrected chi connectivity index (χ0v) is 21.0. The molecule has 2 heterocycles. The zero-order valence-electron chi connectivity index (χ0n) is 17.9. The van der Waals surface area contributed by atoms with Crippen LogP contribution in [0.4, 0.5) is 0 Å². The van der Waals surface area contributed by atoms with Crippen molar-refractivity contribution in [3.8, 4) is 0 Å². The molecule has 8 heteroatoms. The van der Waals surface area contributed by atoms with Crippen LogP contribution in [0.5, 0.6) is 0 Å². The van der Waals surface area contributed by atoms with Crippen molar-refractivity contribution in [2.45, 2.75) is 58.9 Å². The van der Waals surface area contributed by atoms with Crippen molar-refractivity contribution < 1.29 is 9.47 Å². The van der Waals surface area contributed by atoms with Crippen LogP contribution in [-0.4, -0.2) is 36.8 Å². The Morgan fingerprint density at radius 1 is 1.23 bits per heavy atom. The second kappa shape index (κ2) is 14.0. The highest BCUT2D eigenvalue weighted by molar-refractivity contribution is 14.0. The van der Waals surface area contributed by atoms with E-state index in [0.29, 0.717) is 25.8 Å². The van der Waals surface area contributed by atoms with Crippen LogP contribution in [0.3, 0.4) is 0 Å². The van der Waals surface area contributed by atoms with Crippen LogP contribution in [0, 0.1) is 0 Å². The van der Waals surface area contributed by atoms with Gasteiger partial charge < -0.3 is 20.1 Å². The van der Waals surface area contributed by atoms with Gasteiger partial charge in [-0.05, 0) is 37.3 Å². The molecule has 0 bridgehead atoms. The molecule has 3 rings (SSSR count). The van der Waals surface area contributed by atoms with Crippen molar-refractivity contribution in [1.29, 1.82) is 0 Å². The molecule has 6 nitrogen and oxygen atoms in total. The third-order valence-electron chi connectivity index (χ3n) is 4.77. The summed E-state index contributed by atoms with van der Waals surface area (Å²) in [4.78, 5) is 10.5. The van der Waals surface area contributed by atoms with Crippen LogP contribution in [-0.2, 0) is 35.6 Å². The van der Waals surface area contributed by atoms with Crippen molar-refractivity contribution in [3.63, 3.8) is 0 Å². The maximum Gasteiger partial charge on any atom is 0.191 e. The molecule has 30 heavy (non-hydrogen) atoms. The summed E-state index contributed by atoms with van der Waals surface area (Å²) in [7, 11) is 0. The molecule has 1 saturated heterocycles. The smallest absolute Gasteiger partial charge is 0.191 e. The summed E-state index contributed by atoms with van der Waals surface area (Å²) in [6.45, 7) is 8.62. The summed E-state index contributed by atoms with van der Waals surface area (Å²) in [5, 5.41) is 7.77. The van der Waals surface area contributed by atoms with Crippen LogP contribution in [0.15, 0.2) is 35.5 Å². The van der Waals surface area contributed by atoms with Gasteiger partial charge in [0, 0.05) is 30.8 Å². The summed E-state index contributed by atoms with van der Waals surface area (Å²) in [6, 6.07) is 8.49. The Labute approximate surface area is 200 Å². The maximum atomic E-state index is 6.04. The number of rotatable bonds is 9. The molecule has 0 unspecified atom stereocenters. The molecule has 1 aliphatic heterocycles. The second-order valence-corrected chi connectivity index (χ2v) is 8.27. The first kappa shape index (κ1) is 25.0. The van der Waals surface area contributed by atoms with Gasteiger partial charge in [-0.2, -0.15) is 0 Å². The van der Waals surface area contributed by atoms with Gasteiger partial charge >= 0.3 is 0 Å². The molecule has 0 saturated carbocycles. The molecule has 1 aliphatic rings.